The lowest BCUT2D eigenvalue weighted by atomic mass is 10.2. The minimum absolute atomic E-state index is 0.512. The third-order valence-electron chi connectivity index (χ3n) is 2.66. The summed E-state index contributed by atoms with van der Waals surface area (Å²) in [7, 11) is 0. The van der Waals surface area contributed by atoms with Gasteiger partial charge in [0.2, 0.25) is 0 Å². The van der Waals surface area contributed by atoms with Crippen molar-refractivity contribution in [1.82, 2.24) is 0 Å². The Morgan fingerprint density at radius 3 is 2.58 bits per heavy atom. The van der Waals surface area contributed by atoms with Gasteiger partial charge in [-0.25, -0.2) is 0 Å². The second kappa shape index (κ2) is 6.86. The first-order valence-corrected chi connectivity index (χ1v) is 6.48. The van der Waals surface area contributed by atoms with Gasteiger partial charge in [-0.15, -0.1) is 0 Å². The van der Waals surface area contributed by atoms with E-state index in [2.05, 4.69) is 11.9 Å². The second-order valence-electron chi connectivity index (χ2n) is 4.07. The zero-order valence-electron chi connectivity index (χ0n) is 10.6. The Hall–Kier alpha value is -1.93. The Balaban J connectivity index is 2.02. The van der Waals surface area contributed by atoms with Crippen LogP contribution in [0.1, 0.15) is 5.56 Å². The van der Waals surface area contributed by atoms with Crippen molar-refractivity contribution in [2.24, 2.45) is 0 Å². The summed E-state index contributed by atoms with van der Waals surface area (Å²) in [6, 6.07) is 15.6. The van der Waals surface area contributed by atoms with E-state index in [1.54, 1.807) is 6.08 Å². The molecular weight excluding hydrogens is 258 g/mol. The molecule has 1 N–H and O–H groups in total. The molecule has 2 rings (SSSR count). The fourth-order valence-electron chi connectivity index (χ4n) is 1.70. The highest BCUT2D eigenvalue weighted by molar-refractivity contribution is 6.30. The average molecular weight is 274 g/mol. The lowest BCUT2D eigenvalue weighted by Crippen LogP contribution is -2.03. The molecule has 0 unspecified atom stereocenters. The topological polar surface area (TPSA) is 21.3 Å². The summed E-state index contributed by atoms with van der Waals surface area (Å²) in [5.74, 6) is 0.879. The van der Waals surface area contributed by atoms with Gasteiger partial charge in [0.1, 0.15) is 12.4 Å². The van der Waals surface area contributed by atoms with E-state index in [9.17, 15) is 0 Å². The molecule has 0 saturated heterocycles. The van der Waals surface area contributed by atoms with Gasteiger partial charge in [-0.05, 0) is 30.3 Å². The van der Waals surface area contributed by atoms with Crippen LogP contribution in [-0.4, -0.2) is 6.61 Å². The summed E-state index contributed by atoms with van der Waals surface area (Å²) in [5.41, 5.74) is 2.14. The van der Waals surface area contributed by atoms with Crippen molar-refractivity contribution in [3.05, 3.63) is 71.8 Å². The molecule has 0 aliphatic heterocycles. The lowest BCUT2D eigenvalue weighted by molar-refractivity contribution is 0.359. The maximum Gasteiger partial charge on any atom is 0.124 e. The van der Waals surface area contributed by atoms with Crippen molar-refractivity contribution >= 4 is 17.3 Å². The van der Waals surface area contributed by atoms with E-state index in [0.717, 1.165) is 22.0 Å². The van der Waals surface area contributed by atoms with Crippen LogP contribution in [0.15, 0.2) is 61.2 Å². The molecule has 3 heteroatoms. The van der Waals surface area contributed by atoms with E-state index in [0.29, 0.717) is 13.2 Å². The highest BCUT2D eigenvalue weighted by atomic mass is 35.5. The molecular formula is C16H16ClNO. The maximum absolute atomic E-state index is 5.85. The number of nitrogens with one attached hydrogen (secondary N) is 1. The van der Waals surface area contributed by atoms with Crippen LogP contribution in [0.5, 0.6) is 5.75 Å². The number of benzene rings is 2. The van der Waals surface area contributed by atoms with Crippen molar-refractivity contribution < 1.29 is 4.74 Å². The fourth-order valence-corrected chi connectivity index (χ4v) is 1.83. The molecule has 0 radical (unpaired) electrons. The van der Waals surface area contributed by atoms with Crippen LogP contribution < -0.4 is 10.1 Å². The molecule has 0 amide bonds. The summed E-state index contributed by atoms with van der Waals surface area (Å²) in [6.45, 7) is 4.87. The van der Waals surface area contributed by atoms with Crippen LogP contribution in [0.2, 0.25) is 5.02 Å². The average Bonchev–Trinajstić information content (AvgIpc) is 2.45. The number of para-hydroxylation sites is 1. The SMILES string of the molecule is C=CCOc1ccccc1CNc1ccc(Cl)cc1. The van der Waals surface area contributed by atoms with E-state index in [1.807, 2.05) is 48.5 Å². The summed E-state index contributed by atoms with van der Waals surface area (Å²) < 4.78 is 5.61. The Morgan fingerprint density at radius 1 is 1.11 bits per heavy atom. The third kappa shape index (κ3) is 4.04. The van der Waals surface area contributed by atoms with E-state index in [4.69, 9.17) is 16.3 Å². The number of rotatable bonds is 6. The van der Waals surface area contributed by atoms with Crippen molar-refractivity contribution in [3.63, 3.8) is 0 Å². The van der Waals surface area contributed by atoms with Gasteiger partial charge in [0, 0.05) is 22.8 Å². The molecule has 0 aliphatic carbocycles. The molecule has 2 aromatic carbocycles. The number of hydrogen-bond acceptors (Lipinski definition) is 2. The summed E-state index contributed by atoms with van der Waals surface area (Å²) in [5, 5.41) is 4.08. The molecule has 0 atom stereocenters. The van der Waals surface area contributed by atoms with E-state index < -0.39 is 0 Å². The fraction of sp³-hybridized carbons (Fsp3) is 0.125. The predicted molar refractivity (Wildman–Crippen MR) is 80.9 cm³/mol. The smallest absolute Gasteiger partial charge is 0.124 e. The molecule has 2 aromatic rings. The summed E-state index contributed by atoms with van der Waals surface area (Å²) >= 11 is 5.85. The number of hydrogen-bond donors (Lipinski definition) is 1. The van der Waals surface area contributed by atoms with Gasteiger partial charge in [0.25, 0.3) is 0 Å². The normalized spacial score (nSPS) is 9.95. The molecule has 19 heavy (non-hydrogen) atoms. The van der Waals surface area contributed by atoms with E-state index >= 15 is 0 Å². The van der Waals surface area contributed by atoms with Gasteiger partial charge in [-0.3, -0.25) is 0 Å². The quantitative estimate of drug-likeness (QED) is 0.782. The minimum atomic E-state index is 0.512. The van der Waals surface area contributed by atoms with Crippen LogP contribution in [-0.2, 0) is 6.54 Å². The largest absolute Gasteiger partial charge is 0.489 e. The van der Waals surface area contributed by atoms with Gasteiger partial charge < -0.3 is 10.1 Å². The molecule has 0 aromatic heterocycles. The molecule has 0 spiro atoms. The van der Waals surface area contributed by atoms with Gasteiger partial charge >= 0.3 is 0 Å². The lowest BCUT2D eigenvalue weighted by Gasteiger charge is -2.11. The van der Waals surface area contributed by atoms with Gasteiger partial charge in [0.15, 0.2) is 0 Å². The van der Waals surface area contributed by atoms with Crippen molar-refractivity contribution in [2.75, 3.05) is 11.9 Å². The van der Waals surface area contributed by atoms with Gasteiger partial charge in [0.05, 0.1) is 0 Å². The first-order chi connectivity index (χ1) is 9.29. The van der Waals surface area contributed by atoms with Crippen LogP contribution >= 0.6 is 11.6 Å². The van der Waals surface area contributed by atoms with Gasteiger partial charge in [-0.2, -0.15) is 0 Å². The first kappa shape index (κ1) is 13.5. The van der Waals surface area contributed by atoms with Gasteiger partial charge in [-0.1, -0.05) is 42.5 Å². The van der Waals surface area contributed by atoms with Crippen LogP contribution in [0.4, 0.5) is 5.69 Å². The molecule has 0 heterocycles. The first-order valence-electron chi connectivity index (χ1n) is 6.10. The highest BCUT2D eigenvalue weighted by Gasteiger charge is 2.02. The molecule has 0 saturated carbocycles. The monoisotopic (exact) mass is 273 g/mol. The van der Waals surface area contributed by atoms with Crippen molar-refractivity contribution in [2.45, 2.75) is 6.54 Å². The summed E-state index contributed by atoms with van der Waals surface area (Å²) in [4.78, 5) is 0. The molecule has 2 nitrogen and oxygen atoms in total. The predicted octanol–water partition coefficient (Wildman–Crippen LogP) is 4.52. The number of ether oxygens (including phenoxy) is 1. The Morgan fingerprint density at radius 2 is 1.84 bits per heavy atom. The van der Waals surface area contributed by atoms with E-state index in [1.165, 1.54) is 0 Å². The van der Waals surface area contributed by atoms with Crippen molar-refractivity contribution in [1.29, 1.82) is 0 Å². The molecule has 98 valence electrons. The van der Waals surface area contributed by atoms with Crippen LogP contribution in [0.25, 0.3) is 0 Å². The highest BCUT2D eigenvalue weighted by Crippen LogP contribution is 2.20. The van der Waals surface area contributed by atoms with Crippen molar-refractivity contribution in [3.8, 4) is 5.75 Å². The zero-order valence-corrected chi connectivity index (χ0v) is 11.4. The maximum atomic E-state index is 5.85. The van der Waals surface area contributed by atoms with Crippen LogP contribution in [0, 0.1) is 0 Å². The second-order valence-corrected chi connectivity index (χ2v) is 4.50. The molecule has 0 aliphatic rings. The standard InChI is InChI=1S/C16H16ClNO/c1-2-11-19-16-6-4-3-5-13(16)12-18-15-9-7-14(17)8-10-15/h2-10,18H,1,11-12H2. The zero-order chi connectivity index (χ0) is 13.5. The van der Waals surface area contributed by atoms with Crippen LogP contribution in [0.3, 0.4) is 0 Å². The number of halogens is 1. The third-order valence-corrected chi connectivity index (χ3v) is 2.91. The molecule has 0 fully saturated rings. The van der Waals surface area contributed by atoms with E-state index in [-0.39, 0.29) is 0 Å². The minimum Gasteiger partial charge on any atom is -0.489 e. The summed E-state index contributed by atoms with van der Waals surface area (Å²) in [6.07, 6.45) is 1.74. The Kier molecular flexibility index (Phi) is 4.87. The Labute approximate surface area is 118 Å². The number of anilines is 1. The molecule has 0 bridgehead atoms. The Bertz CT molecular complexity index is 537.